The monoisotopic (exact) mass is 261 g/mol. The van der Waals surface area contributed by atoms with E-state index in [2.05, 4.69) is 10.6 Å². The van der Waals surface area contributed by atoms with Crippen LogP contribution < -0.4 is 16.4 Å². The minimum Gasteiger partial charge on any atom is -0.355 e. The van der Waals surface area contributed by atoms with Crippen LogP contribution in [0.3, 0.4) is 0 Å². The van der Waals surface area contributed by atoms with Crippen molar-refractivity contribution in [2.75, 3.05) is 18.9 Å². The fourth-order valence-corrected chi connectivity index (χ4v) is 2.02. The first kappa shape index (κ1) is 13.5. The van der Waals surface area contributed by atoms with E-state index in [-0.39, 0.29) is 17.2 Å². The Morgan fingerprint density at radius 2 is 2.05 bits per heavy atom. The summed E-state index contributed by atoms with van der Waals surface area (Å²) >= 11 is 0. The summed E-state index contributed by atoms with van der Waals surface area (Å²) in [6, 6.07) is 5.21. The van der Waals surface area contributed by atoms with Gasteiger partial charge in [-0.3, -0.25) is 9.59 Å². The number of amides is 2. The number of aryl methyl sites for hydroxylation is 1. The molecule has 2 amide bonds. The van der Waals surface area contributed by atoms with E-state index < -0.39 is 0 Å². The lowest BCUT2D eigenvalue weighted by Crippen LogP contribution is -2.31. The molecule has 1 aliphatic rings. The number of rotatable bonds is 4. The Balaban J connectivity index is 2.14. The van der Waals surface area contributed by atoms with Crippen LogP contribution in [0.25, 0.3) is 0 Å². The summed E-state index contributed by atoms with van der Waals surface area (Å²) < 4.78 is 0. The molecule has 0 unspecified atom stereocenters. The number of nitrogens with two attached hydrogens (primary N) is 1. The second-order valence-electron chi connectivity index (χ2n) is 5.05. The molecule has 0 spiro atoms. The summed E-state index contributed by atoms with van der Waals surface area (Å²) in [5.74, 6) is -0.160. The van der Waals surface area contributed by atoms with Gasteiger partial charge in [0, 0.05) is 24.8 Å². The summed E-state index contributed by atoms with van der Waals surface area (Å²) in [6.07, 6.45) is 1.70. The molecule has 0 radical (unpaired) electrons. The fraction of sp³-hybridized carbons (Fsp3) is 0.429. The van der Waals surface area contributed by atoms with Crippen LogP contribution in [-0.4, -0.2) is 25.4 Å². The van der Waals surface area contributed by atoms with Gasteiger partial charge in [-0.2, -0.15) is 0 Å². The Hall–Kier alpha value is -1.88. The van der Waals surface area contributed by atoms with E-state index in [9.17, 15) is 9.59 Å². The minimum atomic E-state index is -0.369. The number of hydrogen-bond acceptors (Lipinski definition) is 3. The quantitative estimate of drug-likeness (QED) is 0.757. The predicted molar refractivity (Wildman–Crippen MR) is 73.9 cm³/mol. The third-order valence-electron chi connectivity index (χ3n) is 3.69. The smallest absolute Gasteiger partial charge is 0.251 e. The van der Waals surface area contributed by atoms with Crippen molar-refractivity contribution in [1.82, 2.24) is 5.32 Å². The molecule has 1 aromatic carbocycles. The van der Waals surface area contributed by atoms with E-state index in [1.807, 2.05) is 6.92 Å². The maximum Gasteiger partial charge on any atom is 0.251 e. The number of benzene rings is 1. The highest BCUT2D eigenvalue weighted by Gasteiger charge is 2.48. The van der Waals surface area contributed by atoms with Gasteiger partial charge in [0.05, 0.1) is 5.41 Å². The van der Waals surface area contributed by atoms with E-state index in [1.54, 1.807) is 25.2 Å². The van der Waals surface area contributed by atoms with Crippen LogP contribution in [0.15, 0.2) is 18.2 Å². The van der Waals surface area contributed by atoms with Crippen LogP contribution in [0, 0.1) is 12.3 Å². The standard InChI is InChI=1S/C14H19N3O2/c1-9-7-10(12(18)16-2)3-4-11(9)17-13(19)14(8-15)5-6-14/h3-4,7H,5-6,8,15H2,1-2H3,(H,16,18)(H,17,19). The molecule has 19 heavy (non-hydrogen) atoms. The van der Waals surface area contributed by atoms with Crippen LogP contribution in [0.5, 0.6) is 0 Å². The van der Waals surface area contributed by atoms with Crippen LogP contribution in [-0.2, 0) is 4.79 Å². The molecule has 1 fully saturated rings. The Kier molecular flexibility index (Phi) is 3.57. The zero-order chi connectivity index (χ0) is 14.0. The molecule has 1 aromatic rings. The number of hydrogen-bond donors (Lipinski definition) is 3. The Morgan fingerprint density at radius 3 is 2.53 bits per heavy atom. The molecule has 1 aliphatic carbocycles. The van der Waals surface area contributed by atoms with Gasteiger partial charge in [-0.05, 0) is 43.5 Å². The molecule has 0 aromatic heterocycles. The number of anilines is 1. The third-order valence-corrected chi connectivity index (χ3v) is 3.69. The topological polar surface area (TPSA) is 84.2 Å². The zero-order valence-corrected chi connectivity index (χ0v) is 11.2. The van der Waals surface area contributed by atoms with Crippen molar-refractivity contribution in [1.29, 1.82) is 0 Å². The predicted octanol–water partition coefficient (Wildman–Crippen LogP) is 1.03. The van der Waals surface area contributed by atoms with Crippen molar-refractivity contribution in [2.24, 2.45) is 11.1 Å². The first-order valence-corrected chi connectivity index (χ1v) is 6.37. The molecule has 4 N–H and O–H groups in total. The summed E-state index contributed by atoms with van der Waals surface area (Å²) in [6.45, 7) is 2.25. The van der Waals surface area contributed by atoms with E-state index in [4.69, 9.17) is 5.73 Å². The van der Waals surface area contributed by atoms with Gasteiger partial charge < -0.3 is 16.4 Å². The Labute approximate surface area is 112 Å². The molecule has 0 aliphatic heterocycles. The van der Waals surface area contributed by atoms with E-state index in [0.717, 1.165) is 24.1 Å². The van der Waals surface area contributed by atoms with Crippen LogP contribution >= 0.6 is 0 Å². The number of carbonyl (C=O) groups excluding carboxylic acids is 2. The SMILES string of the molecule is CNC(=O)c1ccc(NC(=O)C2(CN)CC2)c(C)c1. The zero-order valence-electron chi connectivity index (χ0n) is 11.2. The molecule has 1 saturated carbocycles. The highest BCUT2D eigenvalue weighted by molar-refractivity contribution is 5.99. The molecule has 0 bridgehead atoms. The number of carbonyl (C=O) groups is 2. The second kappa shape index (κ2) is 5.01. The first-order valence-electron chi connectivity index (χ1n) is 6.37. The molecule has 102 valence electrons. The van der Waals surface area contributed by atoms with Gasteiger partial charge >= 0.3 is 0 Å². The van der Waals surface area contributed by atoms with Gasteiger partial charge in [0.1, 0.15) is 0 Å². The summed E-state index contributed by atoms with van der Waals surface area (Å²) in [7, 11) is 1.59. The maximum atomic E-state index is 12.1. The van der Waals surface area contributed by atoms with Crippen molar-refractivity contribution < 1.29 is 9.59 Å². The third kappa shape index (κ3) is 2.61. The lowest BCUT2D eigenvalue weighted by atomic mass is 10.1. The van der Waals surface area contributed by atoms with Crippen LogP contribution in [0.1, 0.15) is 28.8 Å². The number of nitrogens with one attached hydrogen (secondary N) is 2. The molecule has 0 heterocycles. The highest BCUT2D eigenvalue weighted by atomic mass is 16.2. The van der Waals surface area contributed by atoms with Gasteiger partial charge in [0.2, 0.25) is 5.91 Å². The van der Waals surface area contributed by atoms with Gasteiger partial charge in [-0.1, -0.05) is 0 Å². The van der Waals surface area contributed by atoms with Gasteiger partial charge in [0.15, 0.2) is 0 Å². The van der Waals surface area contributed by atoms with Crippen LogP contribution in [0.4, 0.5) is 5.69 Å². The first-order chi connectivity index (χ1) is 9.02. The van der Waals surface area contributed by atoms with Gasteiger partial charge in [-0.25, -0.2) is 0 Å². The largest absolute Gasteiger partial charge is 0.355 e. The van der Waals surface area contributed by atoms with Gasteiger partial charge in [0.25, 0.3) is 5.91 Å². The molecule has 5 nitrogen and oxygen atoms in total. The summed E-state index contributed by atoms with van der Waals surface area (Å²) in [5.41, 5.74) is 7.44. The molecule has 5 heteroatoms. The molecule has 2 rings (SSSR count). The summed E-state index contributed by atoms with van der Waals surface area (Å²) in [5, 5.41) is 5.47. The van der Waals surface area contributed by atoms with E-state index in [1.165, 1.54) is 0 Å². The van der Waals surface area contributed by atoms with Crippen molar-refractivity contribution >= 4 is 17.5 Å². The minimum absolute atomic E-state index is 0.0224. The van der Waals surface area contributed by atoms with Gasteiger partial charge in [-0.15, -0.1) is 0 Å². The molecule has 0 atom stereocenters. The Bertz CT molecular complexity index is 521. The van der Waals surface area contributed by atoms with Crippen molar-refractivity contribution in [2.45, 2.75) is 19.8 Å². The average molecular weight is 261 g/mol. The van der Waals surface area contributed by atoms with E-state index in [0.29, 0.717) is 12.1 Å². The molecular weight excluding hydrogens is 242 g/mol. The maximum absolute atomic E-state index is 12.1. The average Bonchev–Trinajstić information content (AvgIpc) is 3.21. The lowest BCUT2D eigenvalue weighted by Gasteiger charge is -2.15. The van der Waals surface area contributed by atoms with Crippen molar-refractivity contribution in [3.8, 4) is 0 Å². The fourth-order valence-electron chi connectivity index (χ4n) is 2.02. The lowest BCUT2D eigenvalue weighted by molar-refractivity contribution is -0.120. The normalized spacial score (nSPS) is 15.7. The van der Waals surface area contributed by atoms with Crippen molar-refractivity contribution in [3.63, 3.8) is 0 Å². The molecule has 0 saturated heterocycles. The summed E-state index contributed by atoms with van der Waals surface area (Å²) in [4.78, 5) is 23.6. The van der Waals surface area contributed by atoms with Crippen LogP contribution in [0.2, 0.25) is 0 Å². The Morgan fingerprint density at radius 1 is 1.37 bits per heavy atom. The van der Waals surface area contributed by atoms with E-state index >= 15 is 0 Å². The highest BCUT2D eigenvalue weighted by Crippen LogP contribution is 2.45. The van der Waals surface area contributed by atoms with Crippen molar-refractivity contribution in [3.05, 3.63) is 29.3 Å². The molecular formula is C14H19N3O2. The second-order valence-corrected chi connectivity index (χ2v) is 5.05.